The molecule has 0 radical (unpaired) electrons. The molecule has 2 heterocycles. The van der Waals surface area contributed by atoms with Crippen LogP contribution in [0.3, 0.4) is 0 Å². The average Bonchev–Trinajstić information content (AvgIpc) is 3.04. The van der Waals surface area contributed by atoms with E-state index in [-0.39, 0.29) is 23.8 Å². The molecule has 3 aromatic carbocycles. The number of pyridine rings is 1. The number of phenols is 1. The molecule has 8 heteroatoms. The number of aromatic nitrogens is 1. The van der Waals surface area contributed by atoms with Crippen molar-refractivity contribution in [1.82, 2.24) is 9.47 Å². The van der Waals surface area contributed by atoms with Gasteiger partial charge in [0.05, 0.1) is 24.4 Å². The van der Waals surface area contributed by atoms with Crippen molar-refractivity contribution in [3.05, 3.63) is 105 Å². The molecule has 1 fully saturated rings. The minimum Gasteiger partial charge on any atom is -0.508 e. The molecule has 8 nitrogen and oxygen atoms in total. The number of piperazine rings is 1. The monoisotopic (exact) mass is 599 g/mol. The topological polar surface area (TPSA) is 92.1 Å². The largest absolute Gasteiger partial charge is 0.508 e. The lowest BCUT2D eigenvalue weighted by Crippen LogP contribution is -2.49. The third-order valence-electron chi connectivity index (χ3n) is 7.05. The van der Waals surface area contributed by atoms with E-state index in [0.29, 0.717) is 44.0 Å². The summed E-state index contributed by atoms with van der Waals surface area (Å²) in [6.07, 6.45) is 1.25. The van der Waals surface area contributed by atoms with Gasteiger partial charge in [-0.25, -0.2) is 4.79 Å². The van der Waals surface area contributed by atoms with Gasteiger partial charge in [-0.05, 0) is 55.8 Å². The van der Waals surface area contributed by atoms with E-state index < -0.39 is 11.5 Å². The summed E-state index contributed by atoms with van der Waals surface area (Å²) in [7, 11) is 0. The van der Waals surface area contributed by atoms with E-state index >= 15 is 0 Å². The van der Waals surface area contributed by atoms with Crippen LogP contribution < -0.4 is 10.5 Å². The SMILES string of the molecule is CC.CCC.CCOC(=O)c1c(N2CCN(C(=O)c3ccc(O)cc3)CC2)c2cc(C)ccc2n(Cc2ccccc2)c1=O. The number of rotatable bonds is 6. The predicted octanol–water partition coefficient (Wildman–Crippen LogP) is 6.65. The maximum absolute atomic E-state index is 14.0. The first-order valence-corrected chi connectivity index (χ1v) is 15.5. The quantitative estimate of drug-likeness (QED) is 0.250. The van der Waals surface area contributed by atoms with Crippen LogP contribution >= 0.6 is 0 Å². The summed E-state index contributed by atoms with van der Waals surface area (Å²) in [4.78, 5) is 44.1. The Labute approximate surface area is 260 Å². The fourth-order valence-electron chi connectivity index (χ4n) is 5.11. The summed E-state index contributed by atoms with van der Waals surface area (Å²) in [5.41, 5.74) is 3.36. The Morgan fingerprint density at radius 1 is 0.864 bits per heavy atom. The molecular weight excluding hydrogens is 554 g/mol. The molecule has 1 N–H and O–H groups in total. The van der Waals surface area contributed by atoms with Crippen molar-refractivity contribution in [3.63, 3.8) is 0 Å². The van der Waals surface area contributed by atoms with Gasteiger partial charge in [0.1, 0.15) is 11.3 Å². The second-order valence-corrected chi connectivity index (χ2v) is 10.4. The Morgan fingerprint density at radius 3 is 2.07 bits per heavy atom. The molecule has 1 aliphatic heterocycles. The van der Waals surface area contributed by atoms with Crippen molar-refractivity contribution in [3.8, 4) is 5.75 Å². The molecular formula is C36H45N3O5. The van der Waals surface area contributed by atoms with Crippen molar-refractivity contribution in [2.45, 2.75) is 54.5 Å². The summed E-state index contributed by atoms with van der Waals surface area (Å²) in [6, 6.07) is 21.8. The Kier molecular flexibility index (Phi) is 12.6. The molecule has 0 bridgehead atoms. The number of amides is 1. The van der Waals surface area contributed by atoms with Crippen molar-refractivity contribution in [2.75, 3.05) is 37.7 Å². The normalized spacial score (nSPS) is 12.5. The highest BCUT2D eigenvalue weighted by molar-refractivity contribution is 6.06. The first-order valence-electron chi connectivity index (χ1n) is 15.5. The van der Waals surface area contributed by atoms with E-state index in [2.05, 4.69) is 13.8 Å². The lowest BCUT2D eigenvalue weighted by Gasteiger charge is -2.37. The molecule has 44 heavy (non-hydrogen) atoms. The van der Waals surface area contributed by atoms with Crippen molar-refractivity contribution in [2.24, 2.45) is 0 Å². The van der Waals surface area contributed by atoms with E-state index in [4.69, 9.17) is 4.74 Å². The molecule has 0 spiro atoms. The van der Waals surface area contributed by atoms with Crippen LogP contribution in [0.5, 0.6) is 5.75 Å². The van der Waals surface area contributed by atoms with Gasteiger partial charge in [-0.1, -0.05) is 76.1 Å². The van der Waals surface area contributed by atoms with Gasteiger partial charge in [0.15, 0.2) is 0 Å². The number of anilines is 1. The van der Waals surface area contributed by atoms with Gasteiger partial charge in [0, 0.05) is 37.1 Å². The Balaban J connectivity index is 0.000000997. The minimum atomic E-state index is -0.648. The average molecular weight is 600 g/mol. The van der Waals surface area contributed by atoms with Crippen LogP contribution in [0.15, 0.2) is 77.6 Å². The number of carbonyl (C=O) groups is 2. The third-order valence-corrected chi connectivity index (χ3v) is 7.05. The lowest BCUT2D eigenvalue weighted by atomic mass is 10.0. The molecule has 1 amide bonds. The standard InChI is InChI=1S/C31H31N3O5.C3H8.C2H6/c1-3-39-31(38)27-28(32-15-17-33(18-16-32)29(36)23-10-12-24(35)13-11-23)25-19-21(2)9-14-26(25)34(30(27)37)20-22-7-5-4-6-8-22;1-3-2;1-2/h4-14,19,35H,3,15-18,20H2,1-2H3;3H2,1-2H3;1-2H3. The fraction of sp³-hybridized carbons (Fsp3) is 0.361. The van der Waals surface area contributed by atoms with Crippen LogP contribution in [0, 0.1) is 6.92 Å². The fourth-order valence-corrected chi connectivity index (χ4v) is 5.11. The number of phenolic OH excluding ortho intramolecular Hbond substituents is 1. The number of hydrogen-bond donors (Lipinski definition) is 1. The van der Waals surface area contributed by atoms with E-state index in [1.54, 1.807) is 28.5 Å². The maximum Gasteiger partial charge on any atom is 0.345 e. The minimum absolute atomic E-state index is 0.0178. The van der Waals surface area contributed by atoms with Crippen LogP contribution in [0.25, 0.3) is 10.9 Å². The molecule has 0 saturated carbocycles. The molecule has 4 aromatic rings. The van der Waals surface area contributed by atoms with Gasteiger partial charge in [-0.15, -0.1) is 0 Å². The summed E-state index contributed by atoms with van der Waals surface area (Å²) >= 11 is 0. The highest BCUT2D eigenvalue weighted by atomic mass is 16.5. The highest BCUT2D eigenvalue weighted by Crippen LogP contribution is 2.32. The second kappa shape index (κ2) is 16.3. The number of aryl methyl sites for hydroxylation is 1. The first-order chi connectivity index (χ1) is 21.3. The Morgan fingerprint density at radius 2 is 1.48 bits per heavy atom. The molecule has 5 rings (SSSR count). The van der Waals surface area contributed by atoms with Crippen molar-refractivity contribution < 1.29 is 19.4 Å². The summed E-state index contributed by atoms with van der Waals surface area (Å²) < 4.78 is 7.03. The number of nitrogens with zero attached hydrogens (tertiary/aromatic N) is 3. The van der Waals surface area contributed by atoms with E-state index in [0.717, 1.165) is 22.0 Å². The van der Waals surface area contributed by atoms with Crippen molar-refractivity contribution in [1.29, 1.82) is 0 Å². The number of benzene rings is 3. The first kappa shape index (κ1) is 33.9. The summed E-state index contributed by atoms with van der Waals surface area (Å²) in [5.74, 6) is -0.670. The van der Waals surface area contributed by atoms with Crippen LogP contribution in [0.4, 0.5) is 5.69 Å². The highest BCUT2D eigenvalue weighted by Gasteiger charge is 2.30. The number of fused-ring (bicyclic) bond motifs is 1. The lowest BCUT2D eigenvalue weighted by molar-refractivity contribution is 0.0523. The van der Waals surface area contributed by atoms with Gasteiger partial charge in [0.25, 0.3) is 11.5 Å². The number of hydrogen-bond acceptors (Lipinski definition) is 6. The maximum atomic E-state index is 14.0. The number of aromatic hydroxyl groups is 1. The van der Waals surface area contributed by atoms with Gasteiger partial charge in [0.2, 0.25) is 0 Å². The molecule has 0 atom stereocenters. The molecule has 0 aliphatic carbocycles. The van der Waals surface area contributed by atoms with Gasteiger partial charge < -0.3 is 24.2 Å². The molecule has 1 aromatic heterocycles. The Hall–Kier alpha value is -4.59. The predicted molar refractivity (Wildman–Crippen MR) is 178 cm³/mol. The van der Waals surface area contributed by atoms with E-state index in [9.17, 15) is 19.5 Å². The van der Waals surface area contributed by atoms with Crippen LogP contribution in [-0.2, 0) is 11.3 Å². The van der Waals surface area contributed by atoms with Crippen molar-refractivity contribution >= 4 is 28.5 Å². The van der Waals surface area contributed by atoms with E-state index in [1.165, 1.54) is 18.6 Å². The second-order valence-electron chi connectivity index (χ2n) is 10.4. The van der Waals surface area contributed by atoms with Gasteiger partial charge in [-0.3, -0.25) is 9.59 Å². The van der Waals surface area contributed by atoms with E-state index in [1.807, 2.05) is 74.2 Å². The molecule has 234 valence electrons. The Bertz CT molecular complexity index is 1590. The number of esters is 1. The summed E-state index contributed by atoms with van der Waals surface area (Å²) in [5, 5.41) is 10.4. The number of carbonyl (C=O) groups excluding carboxylic acids is 2. The van der Waals surface area contributed by atoms with Crippen LogP contribution in [-0.4, -0.2) is 59.2 Å². The third kappa shape index (κ3) is 7.86. The van der Waals surface area contributed by atoms with Crippen LogP contribution in [0.2, 0.25) is 0 Å². The number of ether oxygens (including phenoxy) is 1. The summed E-state index contributed by atoms with van der Waals surface area (Å²) in [6.45, 7) is 14.2. The molecule has 1 aliphatic rings. The zero-order valence-electron chi connectivity index (χ0n) is 26.8. The van der Waals surface area contributed by atoms with Gasteiger partial charge >= 0.3 is 5.97 Å². The smallest absolute Gasteiger partial charge is 0.345 e. The molecule has 1 saturated heterocycles. The van der Waals surface area contributed by atoms with Gasteiger partial charge in [-0.2, -0.15) is 0 Å². The molecule has 0 unspecified atom stereocenters. The van der Waals surface area contributed by atoms with Crippen LogP contribution in [0.1, 0.15) is 72.9 Å². The zero-order chi connectivity index (χ0) is 32.2. The zero-order valence-corrected chi connectivity index (χ0v) is 26.8.